The van der Waals surface area contributed by atoms with E-state index in [2.05, 4.69) is 26.0 Å². The van der Waals surface area contributed by atoms with Gasteiger partial charge in [0, 0.05) is 11.6 Å². The predicted molar refractivity (Wildman–Crippen MR) is 113 cm³/mol. The van der Waals surface area contributed by atoms with Crippen LogP contribution in [0, 0.1) is 17.5 Å². The Morgan fingerprint density at radius 3 is 2.54 bits per heavy atom. The van der Waals surface area contributed by atoms with Gasteiger partial charge in [0.2, 0.25) is 0 Å². The number of hydrogen-bond acceptors (Lipinski definition) is 8. The maximum atomic E-state index is 14.3. The van der Waals surface area contributed by atoms with Gasteiger partial charge in [-0.25, -0.2) is 23.1 Å². The van der Waals surface area contributed by atoms with E-state index in [4.69, 9.17) is 4.52 Å². The first-order valence-electron chi connectivity index (χ1n) is 10.2. The van der Waals surface area contributed by atoms with Gasteiger partial charge in [-0.05, 0) is 12.1 Å². The first-order chi connectivity index (χ1) is 17.4. The normalized spacial score (nSPS) is 13.4. The molecule has 0 aliphatic carbocycles. The SMILES string of the molecule is NC(=O)C(O)(CNc1nc(-c2cc(-c3ccon3)n(Cc3cccc(F)c3F)n2)ncc1F)C(F)(F)F. The van der Waals surface area contributed by atoms with Crippen molar-refractivity contribution in [1.29, 1.82) is 0 Å². The van der Waals surface area contributed by atoms with Crippen molar-refractivity contribution in [3.63, 3.8) is 0 Å². The molecule has 1 aromatic carbocycles. The highest BCUT2D eigenvalue weighted by atomic mass is 19.4. The number of carbonyl (C=O) groups excluding carboxylic acids is 1. The third-order valence-electron chi connectivity index (χ3n) is 5.19. The second-order valence-corrected chi connectivity index (χ2v) is 7.64. The number of nitrogens with two attached hydrogens (primary N) is 1. The van der Waals surface area contributed by atoms with Crippen molar-refractivity contribution in [3.8, 4) is 22.9 Å². The lowest BCUT2D eigenvalue weighted by Crippen LogP contribution is -2.59. The molecule has 0 radical (unpaired) electrons. The second-order valence-electron chi connectivity index (χ2n) is 7.64. The minimum atomic E-state index is -5.46. The summed E-state index contributed by atoms with van der Waals surface area (Å²) in [6.07, 6.45) is -3.61. The second kappa shape index (κ2) is 9.53. The van der Waals surface area contributed by atoms with Crippen molar-refractivity contribution in [2.75, 3.05) is 11.9 Å². The van der Waals surface area contributed by atoms with E-state index in [0.29, 0.717) is 6.20 Å². The van der Waals surface area contributed by atoms with Crippen molar-refractivity contribution in [1.82, 2.24) is 24.9 Å². The van der Waals surface area contributed by atoms with Gasteiger partial charge in [-0.1, -0.05) is 17.3 Å². The molecule has 0 saturated heterocycles. The molecule has 1 unspecified atom stereocenters. The fraction of sp³-hybridized carbons (Fsp3) is 0.190. The van der Waals surface area contributed by atoms with Crippen LogP contribution in [-0.4, -0.2) is 54.2 Å². The lowest BCUT2D eigenvalue weighted by molar-refractivity contribution is -0.245. The van der Waals surface area contributed by atoms with Gasteiger partial charge in [-0.3, -0.25) is 9.48 Å². The summed E-state index contributed by atoms with van der Waals surface area (Å²) in [5, 5.41) is 19.6. The Balaban J connectivity index is 1.70. The molecule has 0 bridgehead atoms. The zero-order valence-electron chi connectivity index (χ0n) is 18.3. The van der Waals surface area contributed by atoms with E-state index in [0.717, 1.165) is 6.07 Å². The fourth-order valence-electron chi connectivity index (χ4n) is 3.18. The van der Waals surface area contributed by atoms with Crippen LogP contribution in [0.1, 0.15) is 5.56 Å². The molecule has 4 rings (SSSR count). The smallest absolute Gasteiger partial charge is 0.371 e. The Bertz CT molecular complexity index is 1440. The van der Waals surface area contributed by atoms with Crippen molar-refractivity contribution in [2.24, 2.45) is 5.73 Å². The first kappa shape index (κ1) is 25.6. The zero-order valence-corrected chi connectivity index (χ0v) is 18.3. The maximum absolute atomic E-state index is 14.3. The van der Waals surface area contributed by atoms with Crippen LogP contribution in [0.15, 0.2) is 47.3 Å². The number of benzene rings is 1. The van der Waals surface area contributed by atoms with E-state index in [9.17, 15) is 36.2 Å². The predicted octanol–water partition coefficient (Wildman–Crippen LogP) is 2.65. The molecule has 0 saturated carbocycles. The number of anilines is 1. The summed E-state index contributed by atoms with van der Waals surface area (Å²) in [6.45, 7) is -1.83. The van der Waals surface area contributed by atoms with Crippen LogP contribution in [0.4, 0.5) is 32.2 Å². The van der Waals surface area contributed by atoms with Crippen molar-refractivity contribution in [3.05, 3.63) is 65.8 Å². The number of rotatable bonds is 8. The number of nitrogens with zero attached hydrogens (tertiary/aromatic N) is 5. The molecule has 16 heteroatoms. The molecule has 194 valence electrons. The molecule has 0 aliphatic rings. The van der Waals surface area contributed by atoms with E-state index < -0.39 is 47.5 Å². The van der Waals surface area contributed by atoms with E-state index in [-0.39, 0.29) is 35.0 Å². The lowest BCUT2D eigenvalue weighted by atomic mass is 10.0. The lowest BCUT2D eigenvalue weighted by Gasteiger charge is -2.27. The molecule has 0 spiro atoms. The number of amides is 1. The van der Waals surface area contributed by atoms with Gasteiger partial charge in [0.05, 0.1) is 25.0 Å². The van der Waals surface area contributed by atoms with Gasteiger partial charge < -0.3 is 20.7 Å². The molecule has 3 aromatic heterocycles. The van der Waals surface area contributed by atoms with Gasteiger partial charge in [-0.2, -0.15) is 18.3 Å². The number of alkyl halides is 3. The molecular formula is C21H15F6N7O3. The quantitative estimate of drug-likeness (QED) is 0.297. The van der Waals surface area contributed by atoms with E-state index in [1.807, 2.05) is 5.32 Å². The van der Waals surface area contributed by atoms with Crippen molar-refractivity contribution < 1.29 is 40.8 Å². The average Bonchev–Trinajstić information content (AvgIpc) is 3.50. The number of halogens is 6. The summed E-state index contributed by atoms with van der Waals surface area (Å²) >= 11 is 0. The molecule has 4 aromatic rings. The molecular weight excluding hydrogens is 512 g/mol. The van der Waals surface area contributed by atoms with Crippen LogP contribution < -0.4 is 11.1 Å². The number of nitrogens with one attached hydrogen (secondary N) is 1. The van der Waals surface area contributed by atoms with E-state index in [1.54, 1.807) is 0 Å². The molecule has 3 heterocycles. The van der Waals surface area contributed by atoms with Crippen LogP contribution in [0.5, 0.6) is 0 Å². The highest BCUT2D eigenvalue weighted by Crippen LogP contribution is 2.31. The highest BCUT2D eigenvalue weighted by molar-refractivity contribution is 5.85. The van der Waals surface area contributed by atoms with Gasteiger partial charge >= 0.3 is 6.18 Å². The topological polar surface area (TPSA) is 145 Å². The van der Waals surface area contributed by atoms with Crippen molar-refractivity contribution in [2.45, 2.75) is 18.3 Å². The molecule has 0 fully saturated rings. The third kappa shape index (κ3) is 4.95. The summed E-state index contributed by atoms with van der Waals surface area (Å²) in [6, 6.07) is 6.35. The van der Waals surface area contributed by atoms with E-state index in [1.165, 1.54) is 35.2 Å². The molecule has 4 N–H and O–H groups in total. The van der Waals surface area contributed by atoms with Crippen molar-refractivity contribution >= 4 is 11.7 Å². The average molecular weight is 527 g/mol. The number of aromatic nitrogens is 5. The van der Waals surface area contributed by atoms with Crippen LogP contribution in [0.3, 0.4) is 0 Å². The van der Waals surface area contributed by atoms with Gasteiger partial charge in [0.25, 0.3) is 11.5 Å². The standard InChI is InChI=1S/C21H15F6N7O3/c22-11-3-1-2-10(16(11)24)8-34-15(13-4-5-37-33-13)6-14(32-34)18-29-7-12(23)17(31-18)30-9-20(36,19(28)35)21(25,26)27/h1-7,36H,8-9H2,(H2,28,35)(H,29,30,31). The Morgan fingerprint density at radius 2 is 1.89 bits per heavy atom. The Hall–Kier alpha value is -4.47. The zero-order chi connectivity index (χ0) is 27.0. The fourth-order valence-corrected chi connectivity index (χ4v) is 3.18. The van der Waals surface area contributed by atoms with Gasteiger partial charge in [0.1, 0.15) is 17.7 Å². The summed E-state index contributed by atoms with van der Waals surface area (Å²) in [7, 11) is 0. The number of carbonyl (C=O) groups is 1. The number of primary amides is 1. The minimum absolute atomic E-state index is 0.0566. The summed E-state index contributed by atoms with van der Waals surface area (Å²) < 4.78 is 87.6. The molecule has 10 nitrogen and oxygen atoms in total. The third-order valence-corrected chi connectivity index (χ3v) is 5.19. The van der Waals surface area contributed by atoms with Gasteiger partial charge in [0.15, 0.2) is 29.1 Å². The summed E-state index contributed by atoms with van der Waals surface area (Å²) in [4.78, 5) is 18.8. The van der Waals surface area contributed by atoms with Crippen LogP contribution in [0.25, 0.3) is 22.9 Å². The summed E-state index contributed by atoms with van der Waals surface area (Å²) in [5.41, 5.74) is 0.999. The Morgan fingerprint density at radius 1 is 1.14 bits per heavy atom. The summed E-state index contributed by atoms with van der Waals surface area (Å²) in [5.74, 6) is -6.62. The molecule has 37 heavy (non-hydrogen) atoms. The monoisotopic (exact) mass is 527 g/mol. The Labute approximate surface area is 202 Å². The molecule has 1 amide bonds. The van der Waals surface area contributed by atoms with Crippen LogP contribution in [-0.2, 0) is 11.3 Å². The first-order valence-corrected chi connectivity index (χ1v) is 10.2. The van der Waals surface area contributed by atoms with E-state index >= 15 is 0 Å². The minimum Gasteiger partial charge on any atom is -0.371 e. The van der Waals surface area contributed by atoms with Gasteiger partial charge in [-0.15, -0.1) is 0 Å². The Kier molecular flexibility index (Phi) is 6.60. The largest absolute Gasteiger partial charge is 0.428 e. The maximum Gasteiger partial charge on any atom is 0.428 e. The molecule has 0 aliphatic heterocycles. The molecule has 1 atom stereocenters. The van der Waals surface area contributed by atoms with Crippen LogP contribution >= 0.6 is 0 Å². The highest BCUT2D eigenvalue weighted by Gasteiger charge is 2.58. The number of hydrogen-bond donors (Lipinski definition) is 3. The number of aliphatic hydroxyl groups is 1. The van der Waals surface area contributed by atoms with Crippen LogP contribution in [0.2, 0.25) is 0 Å².